The number of amides is 1. The van der Waals surface area contributed by atoms with Gasteiger partial charge in [0.1, 0.15) is 11.9 Å². The van der Waals surface area contributed by atoms with Gasteiger partial charge in [0.25, 0.3) is 0 Å². The van der Waals surface area contributed by atoms with Crippen molar-refractivity contribution in [1.82, 2.24) is 4.57 Å². The molecule has 1 amide bonds. The standard InChI is InChI=1S/C10H13N2O/c1-7(2)11-6-9-5-4-8(3)12(9)10(11)13/h4-7H,1-3H3/q+1. The van der Waals surface area contributed by atoms with Crippen LogP contribution in [0.5, 0.6) is 0 Å². The molecule has 0 atom stereocenters. The number of rotatable bonds is 1. The topological polar surface area (TPSA) is 25.0 Å². The van der Waals surface area contributed by atoms with E-state index in [0.717, 1.165) is 11.4 Å². The average molecular weight is 177 g/mol. The summed E-state index contributed by atoms with van der Waals surface area (Å²) in [6, 6.07) is 4.22. The Morgan fingerprint density at radius 2 is 2.08 bits per heavy atom. The molecule has 0 saturated carbocycles. The summed E-state index contributed by atoms with van der Waals surface area (Å²) in [4.78, 5) is 11.8. The van der Waals surface area contributed by atoms with Crippen molar-refractivity contribution in [3.63, 3.8) is 0 Å². The highest BCUT2D eigenvalue weighted by Gasteiger charge is 2.32. The summed E-state index contributed by atoms with van der Waals surface area (Å²) >= 11 is 0. The normalized spacial score (nSPS) is 15.1. The van der Waals surface area contributed by atoms with E-state index < -0.39 is 0 Å². The van der Waals surface area contributed by atoms with Gasteiger partial charge in [-0.3, -0.25) is 0 Å². The predicted octanol–water partition coefficient (Wildman–Crippen LogP) is 1.62. The number of aryl methyl sites for hydroxylation is 1. The van der Waals surface area contributed by atoms with Crippen LogP contribution in [0, 0.1) is 6.92 Å². The Morgan fingerprint density at radius 3 is 2.62 bits per heavy atom. The molecule has 1 aliphatic heterocycles. The van der Waals surface area contributed by atoms with E-state index >= 15 is 0 Å². The van der Waals surface area contributed by atoms with E-state index in [9.17, 15) is 4.79 Å². The first-order valence-corrected chi connectivity index (χ1v) is 4.47. The molecule has 0 spiro atoms. The van der Waals surface area contributed by atoms with E-state index in [1.54, 1.807) is 9.14 Å². The monoisotopic (exact) mass is 177 g/mol. The van der Waals surface area contributed by atoms with E-state index in [-0.39, 0.29) is 12.1 Å². The third-order valence-electron chi connectivity index (χ3n) is 2.35. The van der Waals surface area contributed by atoms with Crippen LogP contribution in [0.15, 0.2) is 12.1 Å². The van der Waals surface area contributed by atoms with Gasteiger partial charge in [-0.15, -0.1) is 0 Å². The molecule has 0 saturated heterocycles. The van der Waals surface area contributed by atoms with Crippen molar-refractivity contribution in [3.05, 3.63) is 23.5 Å². The highest BCUT2D eigenvalue weighted by atomic mass is 16.2. The number of aromatic nitrogens is 1. The number of fused-ring (bicyclic) bond motifs is 1. The van der Waals surface area contributed by atoms with Crippen LogP contribution in [0.1, 0.15) is 25.2 Å². The summed E-state index contributed by atoms with van der Waals surface area (Å²) < 4.78 is 3.49. The molecule has 3 heteroatoms. The van der Waals surface area contributed by atoms with E-state index in [1.807, 2.05) is 39.1 Å². The van der Waals surface area contributed by atoms with Gasteiger partial charge < -0.3 is 0 Å². The fourth-order valence-corrected chi connectivity index (χ4v) is 1.60. The Morgan fingerprint density at radius 1 is 1.38 bits per heavy atom. The maximum atomic E-state index is 11.8. The minimum atomic E-state index is 0.0625. The number of carbonyl (C=O) groups is 1. The van der Waals surface area contributed by atoms with Crippen LogP contribution in [0.25, 0.3) is 0 Å². The molecule has 0 fully saturated rings. The maximum Gasteiger partial charge on any atom is 0.503 e. The van der Waals surface area contributed by atoms with Gasteiger partial charge in [-0.05, 0) is 32.9 Å². The van der Waals surface area contributed by atoms with Crippen LogP contribution in [-0.2, 0) is 0 Å². The molecule has 68 valence electrons. The van der Waals surface area contributed by atoms with Gasteiger partial charge in [0.05, 0.1) is 6.04 Å². The van der Waals surface area contributed by atoms with E-state index in [2.05, 4.69) is 0 Å². The van der Waals surface area contributed by atoms with Crippen LogP contribution in [-0.4, -0.2) is 27.4 Å². The van der Waals surface area contributed by atoms with Crippen molar-refractivity contribution < 1.29 is 9.37 Å². The molecule has 2 heterocycles. The molecule has 13 heavy (non-hydrogen) atoms. The van der Waals surface area contributed by atoms with Crippen molar-refractivity contribution in [2.75, 3.05) is 0 Å². The quantitative estimate of drug-likeness (QED) is 0.598. The number of carbonyl (C=O) groups excluding carboxylic acids is 1. The maximum absolute atomic E-state index is 11.8. The van der Waals surface area contributed by atoms with Gasteiger partial charge in [-0.1, -0.05) is 0 Å². The average Bonchev–Trinajstić information content (AvgIpc) is 2.55. The SMILES string of the molecule is Cc1ccc2n1C(=O)[N+](C(C)C)=C2. The second kappa shape index (κ2) is 2.55. The van der Waals surface area contributed by atoms with Crippen molar-refractivity contribution in [3.8, 4) is 0 Å². The zero-order valence-corrected chi connectivity index (χ0v) is 8.11. The van der Waals surface area contributed by atoms with E-state index in [4.69, 9.17) is 0 Å². The summed E-state index contributed by atoms with van der Waals surface area (Å²) in [5, 5.41) is 0. The van der Waals surface area contributed by atoms with Gasteiger partial charge in [0.15, 0.2) is 5.69 Å². The molecule has 2 rings (SSSR count). The lowest BCUT2D eigenvalue weighted by Crippen LogP contribution is -2.27. The summed E-state index contributed by atoms with van der Waals surface area (Å²) in [6.07, 6.45) is 1.90. The molecule has 0 N–H and O–H groups in total. The number of nitrogens with zero attached hydrogens (tertiary/aromatic N) is 2. The van der Waals surface area contributed by atoms with Gasteiger partial charge >= 0.3 is 6.03 Å². The molecule has 0 aromatic carbocycles. The van der Waals surface area contributed by atoms with Crippen LogP contribution >= 0.6 is 0 Å². The fraction of sp³-hybridized carbons (Fsp3) is 0.400. The lowest BCUT2D eigenvalue weighted by molar-refractivity contribution is -0.454. The number of hydrogen-bond donors (Lipinski definition) is 0. The molecule has 1 aliphatic rings. The fourth-order valence-electron chi connectivity index (χ4n) is 1.60. The zero-order chi connectivity index (χ0) is 9.59. The molecular weight excluding hydrogens is 164 g/mol. The highest BCUT2D eigenvalue weighted by Crippen LogP contribution is 2.13. The molecule has 0 unspecified atom stereocenters. The molecule has 1 aromatic heterocycles. The second-order valence-corrected chi connectivity index (χ2v) is 3.65. The first-order valence-electron chi connectivity index (χ1n) is 4.47. The van der Waals surface area contributed by atoms with Crippen molar-refractivity contribution in [2.24, 2.45) is 0 Å². The Hall–Kier alpha value is -1.38. The van der Waals surface area contributed by atoms with Gasteiger partial charge in [0, 0.05) is 0 Å². The third-order valence-corrected chi connectivity index (χ3v) is 2.35. The highest BCUT2D eigenvalue weighted by molar-refractivity contribution is 5.91. The molecular formula is C10H13N2O+. The molecule has 0 bridgehead atoms. The third kappa shape index (κ3) is 1.03. The van der Waals surface area contributed by atoms with E-state index in [1.165, 1.54) is 0 Å². The van der Waals surface area contributed by atoms with Gasteiger partial charge in [-0.2, -0.15) is 13.9 Å². The van der Waals surface area contributed by atoms with Crippen molar-refractivity contribution >= 4 is 12.2 Å². The summed E-state index contributed by atoms with van der Waals surface area (Å²) in [5.74, 6) is 0. The van der Waals surface area contributed by atoms with Gasteiger partial charge in [0.2, 0.25) is 0 Å². The lowest BCUT2D eigenvalue weighted by atomic mass is 10.4. The molecule has 1 aromatic rings. The Kier molecular flexibility index (Phi) is 1.62. The van der Waals surface area contributed by atoms with Crippen LogP contribution < -0.4 is 0 Å². The Balaban J connectivity index is 2.52. The van der Waals surface area contributed by atoms with Crippen LogP contribution in [0.2, 0.25) is 0 Å². The van der Waals surface area contributed by atoms with Crippen molar-refractivity contribution in [2.45, 2.75) is 26.8 Å². The first-order chi connectivity index (χ1) is 6.11. The van der Waals surface area contributed by atoms with Crippen molar-refractivity contribution in [1.29, 1.82) is 0 Å². The van der Waals surface area contributed by atoms with Crippen LogP contribution in [0.4, 0.5) is 4.79 Å². The minimum Gasteiger partial charge on any atom is -0.196 e. The van der Waals surface area contributed by atoms with Gasteiger partial charge in [-0.25, -0.2) is 0 Å². The van der Waals surface area contributed by atoms with E-state index in [0.29, 0.717) is 0 Å². The minimum absolute atomic E-state index is 0.0625. The smallest absolute Gasteiger partial charge is 0.196 e. The largest absolute Gasteiger partial charge is 0.503 e. The number of hydrogen-bond acceptors (Lipinski definition) is 1. The Labute approximate surface area is 77.3 Å². The van der Waals surface area contributed by atoms with Crippen LogP contribution in [0.3, 0.4) is 0 Å². The second-order valence-electron chi connectivity index (χ2n) is 3.65. The first kappa shape index (κ1) is 8.23. The molecule has 3 nitrogen and oxygen atoms in total. The Bertz CT molecular complexity index is 399. The summed E-state index contributed by atoms with van der Waals surface area (Å²) in [6.45, 7) is 5.96. The molecule has 0 radical (unpaired) electrons. The summed E-state index contributed by atoms with van der Waals surface area (Å²) in [5.41, 5.74) is 1.98. The summed E-state index contributed by atoms with van der Waals surface area (Å²) in [7, 11) is 0. The lowest BCUT2D eigenvalue weighted by Gasteiger charge is -2.01. The molecule has 0 aliphatic carbocycles. The predicted molar refractivity (Wildman–Crippen MR) is 50.5 cm³/mol. The zero-order valence-electron chi connectivity index (χ0n) is 8.11.